The minimum Gasteiger partial charge on any atom is -0.396 e. The van der Waals surface area contributed by atoms with E-state index in [1.54, 1.807) is 24.3 Å². The van der Waals surface area contributed by atoms with E-state index < -0.39 is 0 Å². The van der Waals surface area contributed by atoms with E-state index in [1.807, 2.05) is 0 Å². The summed E-state index contributed by atoms with van der Waals surface area (Å²) in [6.45, 7) is 1.39. The molecule has 0 aromatic heterocycles. The first-order chi connectivity index (χ1) is 11.7. The number of carbonyl (C=O) groups excluding carboxylic acids is 1. The van der Waals surface area contributed by atoms with Gasteiger partial charge in [0.1, 0.15) is 5.82 Å². The molecule has 0 saturated carbocycles. The van der Waals surface area contributed by atoms with Crippen molar-refractivity contribution in [2.45, 2.75) is 25.3 Å². The molecule has 1 aliphatic heterocycles. The van der Waals surface area contributed by atoms with E-state index in [1.165, 1.54) is 12.1 Å². The summed E-state index contributed by atoms with van der Waals surface area (Å²) in [4.78, 5) is 12.8. The second kappa shape index (κ2) is 7.73. The van der Waals surface area contributed by atoms with Gasteiger partial charge in [-0.25, -0.2) is 4.39 Å². The predicted octanol–water partition coefficient (Wildman–Crippen LogP) is 2.89. The minimum atomic E-state index is -0.335. The highest BCUT2D eigenvalue weighted by atomic mass is 19.1. The number of aliphatic hydroxyl groups excluding tert-OH is 1. The Hall–Kier alpha value is -1.98. The van der Waals surface area contributed by atoms with Crippen LogP contribution in [0.4, 0.5) is 4.39 Å². The zero-order valence-electron chi connectivity index (χ0n) is 13.5. The number of hydrogen-bond donors (Lipinski definition) is 2. The monoisotopic (exact) mass is 331 g/mol. The molecule has 24 heavy (non-hydrogen) atoms. The number of benzene rings is 2. The van der Waals surface area contributed by atoms with Crippen LogP contribution in [0, 0.1) is 11.7 Å². The van der Waals surface area contributed by atoms with Crippen molar-refractivity contribution in [1.82, 2.24) is 5.32 Å². The van der Waals surface area contributed by atoms with Crippen molar-refractivity contribution in [2.75, 3.05) is 19.8 Å². The van der Waals surface area contributed by atoms with Gasteiger partial charge in [-0.2, -0.15) is 0 Å². The molecular formula is C19H22FNO3. The molecule has 3 rings (SSSR count). The SMILES string of the molecule is O=C(N[C@@H](CCO)C1CCOCC1)c1ccc(F)c2ccccc12. The summed E-state index contributed by atoms with van der Waals surface area (Å²) in [5, 5.41) is 13.4. The summed E-state index contributed by atoms with van der Waals surface area (Å²) >= 11 is 0. The van der Waals surface area contributed by atoms with Gasteiger partial charge in [-0.1, -0.05) is 24.3 Å². The maximum Gasteiger partial charge on any atom is 0.252 e. The number of nitrogens with one attached hydrogen (secondary N) is 1. The Morgan fingerprint density at radius 3 is 2.62 bits per heavy atom. The third kappa shape index (κ3) is 3.57. The van der Waals surface area contributed by atoms with Gasteiger partial charge in [0.2, 0.25) is 0 Å². The van der Waals surface area contributed by atoms with Gasteiger partial charge in [-0.05, 0) is 42.7 Å². The van der Waals surface area contributed by atoms with E-state index in [9.17, 15) is 14.3 Å². The number of halogens is 1. The molecule has 0 aliphatic carbocycles. The number of amides is 1. The molecular weight excluding hydrogens is 309 g/mol. The quantitative estimate of drug-likeness (QED) is 0.886. The fourth-order valence-corrected chi connectivity index (χ4v) is 3.39. The molecule has 0 radical (unpaired) electrons. The Morgan fingerprint density at radius 1 is 1.21 bits per heavy atom. The van der Waals surface area contributed by atoms with E-state index >= 15 is 0 Å². The smallest absolute Gasteiger partial charge is 0.252 e. The molecule has 4 nitrogen and oxygen atoms in total. The number of aliphatic hydroxyl groups is 1. The molecule has 2 aromatic carbocycles. The van der Waals surface area contributed by atoms with E-state index in [0.717, 1.165) is 12.8 Å². The third-order valence-electron chi connectivity index (χ3n) is 4.71. The standard InChI is InChI=1S/C19H22FNO3/c20-17-6-5-16(14-3-1-2-4-15(14)17)19(23)21-18(7-10-22)13-8-11-24-12-9-13/h1-6,13,18,22H,7-12H2,(H,21,23)/t18-/m0/s1. The maximum atomic E-state index is 13.9. The summed E-state index contributed by atoms with van der Waals surface area (Å²) in [6, 6.07) is 9.72. The fourth-order valence-electron chi connectivity index (χ4n) is 3.39. The van der Waals surface area contributed by atoms with Crippen LogP contribution in [0.15, 0.2) is 36.4 Å². The van der Waals surface area contributed by atoms with Crippen molar-refractivity contribution in [1.29, 1.82) is 0 Å². The predicted molar refractivity (Wildman–Crippen MR) is 90.4 cm³/mol. The number of rotatable bonds is 5. The molecule has 128 valence electrons. The van der Waals surface area contributed by atoms with Crippen molar-refractivity contribution in [3.8, 4) is 0 Å². The second-order valence-electron chi connectivity index (χ2n) is 6.18. The highest BCUT2D eigenvalue weighted by molar-refractivity contribution is 6.07. The Kier molecular flexibility index (Phi) is 5.43. The van der Waals surface area contributed by atoms with Crippen LogP contribution in [0.2, 0.25) is 0 Å². The molecule has 0 bridgehead atoms. The largest absolute Gasteiger partial charge is 0.396 e. The highest BCUT2D eigenvalue weighted by Gasteiger charge is 2.26. The van der Waals surface area contributed by atoms with Crippen molar-refractivity contribution in [3.63, 3.8) is 0 Å². The molecule has 0 unspecified atom stereocenters. The van der Waals surface area contributed by atoms with Gasteiger partial charge in [0, 0.05) is 36.8 Å². The van der Waals surface area contributed by atoms with Crippen LogP contribution in [-0.2, 0) is 4.74 Å². The second-order valence-corrected chi connectivity index (χ2v) is 6.18. The topological polar surface area (TPSA) is 58.6 Å². The van der Waals surface area contributed by atoms with Gasteiger partial charge in [-0.3, -0.25) is 4.79 Å². The Balaban J connectivity index is 1.84. The lowest BCUT2D eigenvalue weighted by molar-refractivity contribution is 0.0479. The van der Waals surface area contributed by atoms with E-state index in [4.69, 9.17) is 4.74 Å². The van der Waals surface area contributed by atoms with Crippen LogP contribution in [0.25, 0.3) is 10.8 Å². The number of hydrogen-bond acceptors (Lipinski definition) is 3. The normalized spacial score (nSPS) is 16.9. The van der Waals surface area contributed by atoms with Crippen LogP contribution in [0.1, 0.15) is 29.6 Å². The van der Waals surface area contributed by atoms with Crippen molar-refractivity contribution in [3.05, 3.63) is 47.8 Å². The molecule has 2 N–H and O–H groups in total. The lowest BCUT2D eigenvalue weighted by Gasteiger charge is -2.30. The minimum absolute atomic E-state index is 0.0203. The van der Waals surface area contributed by atoms with Gasteiger partial charge < -0.3 is 15.2 Å². The highest BCUT2D eigenvalue weighted by Crippen LogP contribution is 2.24. The summed E-state index contributed by atoms with van der Waals surface area (Å²) < 4.78 is 19.3. The van der Waals surface area contributed by atoms with E-state index in [0.29, 0.717) is 41.9 Å². The van der Waals surface area contributed by atoms with E-state index in [2.05, 4.69) is 5.32 Å². The summed E-state index contributed by atoms with van der Waals surface area (Å²) in [6.07, 6.45) is 2.25. The molecule has 1 fully saturated rings. The molecule has 5 heteroatoms. The average molecular weight is 331 g/mol. The van der Waals surface area contributed by atoms with Crippen LogP contribution < -0.4 is 5.32 Å². The molecule has 1 saturated heterocycles. The molecule has 2 aromatic rings. The Morgan fingerprint density at radius 2 is 1.92 bits per heavy atom. The summed E-state index contributed by atoms with van der Waals surface area (Å²) in [5.74, 6) is -0.267. The Bertz CT molecular complexity index is 713. The molecule has 1 aliphatic rings. The van der Waals surface area contributed by atoms with Gasteiger partial charge in [0.15, 0.2) is 0 Å². The lowest BCUT2D eigenvalue weighted by atomic mass is 9.89. The van der Waals surface area contributed by atoms with Crippen molar-refractivity contribution in [2.24, 2.45) is 5.92 Å². The number of carbonyl (C=O) groups is 1. The molecule has 1 amide bonds. The van der Waals surface area contributed by atoms with Crippen molar-refractivity contribution >= 4 is 16.7 Å². The zero-order valence-corrected chi connectivity index (χ0v) is 13.5. The average Bonchev–Trinajstić information content (AvgIpc) is 2.62. The van der Waals surface area contributed by atoms with Crippen LogP contribution in [0.3, 0.4) is 0 Å². The van der Waals surface area contributed by atoms with Gasteiger partial charge >= 0.3 is 0 Å². The van der Waals surface area contributed by atoms with Crippen LogP contribution >= 0.6 is 0 Å². The van der Waals surface area contributed by atoms with Crippen molar-refractivity contribution < 1.29 is 19.0 Å². The zero-order chi connectivity index (χ0) is 16.9. The van der Waals surface area contributed by atoms with E-state index in [-0.39, 0.29) is 24.4 Å². The van der Waals surface area contributed by atoms with Crippen LogP contribution in [0.5, 0.6) is 0 Å². The molecule has 1 heterocycles. The summed E-state index contributed by atoms with van der Waals surface area (Å²) in [7, 11) is 0. The number of ether oxygens (including phenoxy) is 1. The third-order valence-corrected chi connectivity index (χ3v) is 4.71. The summed E-state index contributed by atoms with van der Waals surface area (Å²) in [5.41, 5.74) is 0.460. The first-order valence-corrected chi connectivity index (χ1v) is 8.37. The van der Waals surface area contributed by atoms with Gasteiger partial charge in [0.25, 0.3) is 5.91 Å². The van der Waals surface area contributed by atoms with Gasteiger partial charge in [-0.15, -0.1) is 0 Å². The number of fused-ring (bicyclic) bond motifs is 1. The maximum absolute atomic E-state index is 13.9. The fraction of sp³-hybridized carbons (Fsp3) is 0.421. The molecule has 1 atom stereocenters. The van der Waals surface area contributed by atoms with Gasteiger partial charge in [0.05, 0.1) is 0 Å². The molecule has 0 spiro atoms. The first-order valence-electron chi connectivity index (χ1n) is 8.37. The first kappa shape index (κ1) is 16.9. The Labute approximate surface area is 140 Å². The van der Waals surface area contributed by atoms with Crippen LogP contribution in [-0.4, -0.2) is 36.9 Å². The lowest BCUT2D eigenvalue weighted by Crippen LogP contribution is -2.43.